The van der Waals surface area contributed by atoms with Gasteiger partial charge >= 0.3 is 5.97 Å². The fraction of sp³-hybridized carbons (Fsp3) is 0.917. The summed E-state index contributed by atoms with van der Waals surface area (Å²) in [5, 5.41) is 12.2. The van der Waals surface area contributed by atoms with E-state index in [1.807, 2.05) is 20.8 Å². The number of aliphatic hydroxyl groups excluding tert-OH is 1. The Bertz CT molecular complexity index is 204. The summed E-state index contributed by atoms with van der Waals surface area (Å²) in [6.45, 7) is 8.31. The molecule has 1 unspecified atom stereocenters. The minimum absolute atomic E-state index is 0.113. The Kier molecular flexibility index (Phi) is 7.34. The van der Waals surface area contributed by atoms with Gasteiger partial charge in [0.1, 0.15) is 6.04 Å². The average Bonchev–Trinajstić information content (AvgIpc) is 2.17. The van der Waals surface area contributed by atoms with E-state index in [2.05, 4.69) is 5.32 Å². The first-order chi connectivity index (χ1) is 7.46. The van der Waals surface area contributed by atoms with Crippen molar-refractivity contribution in [3.8, 4) is 0 Å². The number of carbonyl (C=O) groups is 1. The van der Waals surface area contributed by atoms with Crippen LogP contribution >= 0.6 is 0 Å². The number of rotatable bonds is 8. The van der Waals surface area contributed by atoms with E-state index in [4.69, 9.17) is 9.84 Å². The summed E-state index contributed by atoms with van der Waals surface area (Å²) in [7, 11) is 0. The van der Waals surface area contributed by atoms with Gasteiger partial charge in [0.25, 0.3) is 0 Å². The minimum atomic E-state index is -0.272. The van der Waals surface area contributed by atoms with E-state index in [1.165, 1.54) is 0 Å². The van der Waals surface area contributed by atoms with Gasteiger partial charge in [-0.05, 0) is 33.6 Å². The number of esters is 1. The van der Waals surface area contributed by atoms with E-state index in [1.54, 1.807) is 6.92 Å². The largest absolute Gasteiger partial charge is 0.465 e. The quantitative estimate of drug-likeness (QED) is 0.621. The van der Waals surface area contributed by atoms with Crippen LogP contribution in [0.2, 0.25) is 0 Å². The predicted molar refractivity (Wildman–Crippen MR) is 64.2 cm³/mol. The first-order valence-electron chi connectivity index (χ1n) is 6.02. The lowest BCUT2D eigenvalue weighted by molar-refractivity contribution is -0.146. The fourth-order valence-corrected chi connectivity index (χ4v) is 1.60. The highest BCUT2D eigenvalue weighted by atomic mass is 16.5. The number of ether oxygens (including phenoxy) is 1. The molecule has 2 N–H and O–H groups in total. The highest BCUT2D eigenvalue weighted by molar-refractivity contribution is 5.75. The van der Waals surface area contributed by atoms with Crippen LogP contribution in [0.4, 0.5) is 0 Å². The van der Waals surface area contributed by atoms with Crippen molar-refractivity contribution in [1.82, 2.24) is 5.32 Å². The summed E-state index contributed by atoms with van der Waals surface area (Å²) in [5.41, 5.74) is -0.249. The van der Waals surface area contributed by atoms with E-state index in [9.17, 15) is 4.79 Å². The normalized spacial score (nSPS) is 13.6. The lowest BCUT2D eigenvalue weighted by atomic mass is 9.98. The Morgan fingerprint density at radius 1 is 1.44 bits per heavy atom. The molecule has 0 aliphatic carbocycles. The van der Waals surface area contributed by atoms with Gasteiger partial charge in [0.2, 0.25) is 0 Å². The van der Waals surface area contributed by atoms with Crippen molar-refractivity contribution in [2.75, 3.05) is 13.2 Å². The number of hydrogen-bond donors (Lipinski definition) is 2. The maximum atomic E-state index is 11.7. The molecule has 4 heteroatoms. The third-order valence-electron chi connectivity index (χ3n) is 2.45. The van der Waals surface area contributed by atoms with Gasteiger partial charge in [0.05, 0.1) is 6.61 Å². The first-order valence-corrected chi connectivity index (χ1v) is 6.02. The summed E-state index contributed by atoms with van der Waals surface area (Å²) in [4.78, 5) is 11.7. The number of aliphatic hydroxyl groups is 1. The van der Waals surface area contributed by atoms with E-state index in [0.29, 0.717) is 13.0 Å². The van der Waals surface area contributed by atoms with Crippen molar-refractivity contribution in [1.29, 1.82) is 0 Å². The zero-order valence-corrected chi connectivity index (χ0v) is 10.9. The van der Waals surface area contributed by atoms with Gasteiger partial charge in [-0.25, -0.2) is 0 Å². The maximum Gasteiger partial charge on any atom is 0.323 e. The SMILES string of the molecule is CCCC(NC(C)(C)CCO)C(=O)OCC. The van der Waals surface area contributed by atoms with Crippen LogP contribution in [0.15, 0.2) is 0 Å². The number of hydrogen-bond acceptors (Lipinski definition) is 4. The van der Waals surface area contributed by atoms with Crippen molar-refractivity contribution in [2.24, 2.45) is 0 Å². The Morgan fingerprint density at radius 2 is 2.06 bits per heavy atom. The molecule has 96 valence electrons. The monoisotopic (exact) mass is 231 g/mol. The Hall–Kier alpha value is -0.610. The maximum absolute atomic E-state index is 11.7. The molecule has 0 heterocycles. The van der Waals surface area contributed by atoms with Crippen molar-refractivity contribution >= 4 is 5.97 Å². The predicted octanol–water partition coefficient (Wildman–Crippen LogP) is 1.47. The standard InChI is InChI=1S/C12H25NO3/c1-5-7-10(11(15)16-6-2)13-12(3,4)8-9-14/h10,13-14H,5-9H2,1-4H3. The van der Waals surface area contributed by atoms with Crippen LogP contribution < -0.4 is 5.32 Å². The van der Waals surface area contributed by atoms with E-state index in [-0.39, 0.29) is 24.2 Å². The lowest BCUT2D eigenvalue weighted by Gasteiger charge is -2.30. The first kappa shape index (κ1) is 15.4. The second-order valence-corrected chi connectivity index (χ2v) is 4.60. The van der Waals surface area contributed by atoms with Gasteiger partial charge in [-0.15, -0.1) is 0 Å². The molecule has 0 aromatic rings. The third-order valence-corrected chi connectivity index (χ3v) is 2.45. The molecule has 0 amide bonds. The molecule has 0 radical (unpaired) electrons. The molecule has 0 aliphatic heterocycles. The topological polar surface area (TPSA) is 58.6 Å². The summed E-state index contributed by atoms with van der Waals surface area (Å²) in [6, 6.07) is -0.272. The van der Waals surface area contributed by atoms with Gasteiger partial charge in [-0.3, -0.25) is 10.1 Å². The summed E-state index contributed by atoms with van der Waals surface area (Å²) < 4.78 is 5.02. The summed E-state index contributed by atoms with van der Waals surface area (Å²) >= 11 is 0. The highest BCUT2D eigenvalue weighted by Gasteiger charge is 2.26. The van der Waals surface area contributed by atoms with Gasteiger partial charge in [0, 0.05) is 12.1 Å². The average molecular weight is 231 g/mol. The van der Waals surface area contributed by atoms with Crippen LogP contribution in [-0.4, -0.2) is 35.9 Å². The van der Waals surface area contributed by atoms with Crippen molar-refractivity contribution < 1.29 is 14.6 Å². The summed E-state index contributed by atoms with van der Waals surface area (Å²) in [6.07, 6.45) is 2.30. The molecule has 16 heavy (non-hydrogen) atoms. The molecule has 0 aliphatic rings. The molecule has 0 saturated heterocycles. The van der Waals surface area contributed by atoms with Gasteiger partial charge in [0.15, 0.2) is 0 Å². The molecule has 0 aromatic heterocycles. The minimum Gasteiger partial charge on any atom is -0.465 e. The van der Waals surface area contributed by atoms with Crippen LogP contribution in [0.3, 0.4) is 0 Å². The molecular formula is C12H25NO3. The molecule has 4 nitrogen and oxygen atoms in total. The van der Waals surface area contributed by atoms with Crippen LogP contribution in [0.25, 0.3) is 0 Å². The zero-order chi connectivity index (χ0) is 12.6. The Balaban J connectivity index is 4.36. The van der Waals surface area contributed by atoms with E-state index in [0.717, 1.165) is 12.8 Å². The number of carbonyl (C=O) groups excluding carboxylic acids is 1. The van der Waals surface area contributed by atoms with Crippen molar-refractivity contribution in [3.05, 3.63) is 0 Å². The fourth-order valence-electron chi connectivity index (χ4n) is 1.60. The molecule has 0 spiro atoms. The highest BCUT2D eigenvalue weighted by Crippen LogP contribution is 2.12. The van der Waals surface area contributed by atoms with Crippen LogP contribution in [-0.2, 0) is 9.53 Å². The second kappa shape index (κ2) is 7.63. The van der Waals surface area contributed by atoms with Crippen molar-refractivity contribution in [2.45, 2.75) is 58.5 Å². The van der Waals surface area contributed by atoms with Crippen molar-refractivity contribution in [3.63, 3.8) is 0 Å². The second-order valence-electron chi connectivity index (χ2n) is 4.60. The Morgan fingerprint density at radius 3 is 2.50 bits per heavy atom. The molecule has 0 saturated carbocycles. The zero-order valence-electron chi connectivity index (χ0n) is 10.9. The van der Waals surface area contributed by atoms with Gasteiger partial charge in [-0.2, -0.15) is 0 Å². The molecule has 0 fully saturated rings. The van der Waals surface area contributed by atoms with E-state index < -0.39 is 0 Å². The summed E-state index contributed by atoms with van der Waals surface area (Å²) in [5.74, 6) is -0.199. The van der Waals surface area contributed by atoms with Crippen LogP contribution in [0.1, 0.15) is 47.0 Å². The van der Waals surface area contributed by atoms with Crippen LogP contribution in [0.5, 0.6) is 0 Å². The molecule has 0 bridgehead atoms. The Labute approximate surface area is 98.4 Å². The van der Waals surface area contributed by atoms with Crippen LogP contribution in [0, 0.1) is 0 Å². The molecular weight excluding hydrogens is 206 g/mol. The van der Waals surface area contributed by atoms with Gasteiger partial charge < -0.3 is 9.84 Å². The lowest BCUT2D eigenvalue weighted by Crippen LogP contribution is -2.50. The number of nitrogens with one attached hydrogen (secondary N) is 1. The van der Waals surface area contributed by atoms with E-state index >= 15 is 0 Å². The third kappa shape index (κ3) is 6.08. The van der Waals surface area contributed by atoms with Gasteiger partial charge in [-0.1, -0.05) is 13.3 Å². The smallest absolute Gasteiger partial charge is 0.323 e. The molecule has 1 atom stereocenters. The molecule has 0 rings (SSSR count). The molecule has 0 aromatic carbocycles.